The van der Waals surface area contributed by atoms with Crippen molar-refractivity contribution in [3.05, 3.63) is 69.4 Å². The van der Waals surface area contributed by atoms with Crippen LogP contribution in [0, 0.1) is 13.8 Å². The molecule has 0 aliphatic rings. The average Bonchev–Trinajstić information content (AvgIpc) is 3.30. The summed E-state index contributed by atoms with van der Waals surface area (Å²) in [6.07, 6.45) is 1.76. The minimum absolute atomic E-state index is 0.187. The van der Waals surface area contributed by atoms with Gasteiger partial charge in [-0.15, -0.1) is 11.3 Å². The molecule has 0 bridgehead atoms. The van der Waals surface area contributed by atoms with E-state index in [1.54, 1.807) is 41.3 Å². The zero-order valence-corrected chi connectivity index (χ0v) is 15.3. The summed E-state index contributed by atoms with van der Waals surface area (Å²) in [4.78, 5) is 25.8. The van der Waals surface area contributed by atoms with Crippen molar-refractivity contribution in [3.63, 3.8) is 0 Å². The van der Waals surface area contributed by atoms with Crippen LogP contribution < -0.4 is 0 Å². The molecule has 130 valence electrons. The maximum atomic E-state index is 12.5. The van der Waals surface area contributed by atoms with Crippen LogP contribution in [0.4, 0.5) is 0 Å². The summed E-state index contributed by atoms with van der Waals surface area (Å²) >= 11 is 1.69. The molecule has 0 fully saturated rings. The third kappa shape index (κ3) is 3.58. The van der Waals surface area contributed by atoms with Crippen LogP contribution in [0.1, 0.15) is 37.1 Å². The summed E-state index contributed by atoms with van der Waals surface area (Å²) in [6, 6.07) is 9.38. The summed E-state index contributed by atoms with van der Waals surface area (Å²) in [5.41, 5.74) is 2.94. The molecule has 3 heterocycles. The normalized spacial score (nSPS) is 10.8. The van der Waals surface area contributed by atoms with Gasteiger partial charge in [-0.3, -0.25) is 4.79 Å². The molecule has 0 atom stereocenters. The Balaban J connectivity index is 1.70. The molecule has 3 aromatic heterocycles. The molecule has 0 spiro atoms. The molecule has 0 aliphatic heterocycles. The number of carbonyl (C=O) groups is 2. The van der Waals surface area contributed by atoms with E-state index in [9.17, 15) is 9.59 Å². The minimum Gasteiger partial charge on any atom is -0.453 e. The molecule has 3 aromatic rings. The second kappa shape index (κ2) is 7.11. The van der Waals surface area contributed by atoms with E-state index in [1.165, 1.54) is 4.88 Å². The van der Waals surface area contributed by atoms with E-state index in [-0.39, 0.29) is 12.4 Å². The lowest BCUT2D eigenvalue weighted by molar-refractivity contribution is 0.0465. The number of esters is 1. The predicted octanol–water partition coefficient (Wildman–Crippen LogP) is 3.59. The topological polar surface area (TPSA) is 53.2 Å². The van der Waals surface area contributed by atoms with E-state index in [0.717, 1.165) is 17.9 Å². The van der Waals surface area contributed by atoms with Crippen LogP contribution in [0.15, 0.2) is 41.9 Å². The average molecular weight is 356 g/mol. The van der Waals surface area contributed by atoms with Crippen molar-refractivity contribution in [2.45, 2.75) is 20.4 Å². The SMILES string of the molecule is Cc1cc(C(=O)COC(=O)c2cccn2C)c(C)n1Cc1cccs1. The molecule has 0 amide bonds. The molecule has 0 aromatic carbocycles. The van der Waals surface area contributed by atoms with Gasteiger partial charge >= 0.3 is 5.97 Å². The number of Topliss-reactive ketones (excluding diaryl/α,β-unsaturated/α-hetero) is 1. The first kappa shape index (κ1) is 17.2. The van der Waals surface area contributed by atoms with Crippen LogP contribution in [0.2, 0.25) is 0 Å². The third-order valence-electron chi connectivity index (χ3n) is 4.26. The molecule has 0 N–H and O–H groups in total. The molecular weight excluding hydrogens is 336 g/mol. The molecular formula is C19H20N2O3S. The van der Waals surface area contributed by atoms with E-state index >= 15 is 0 Å². The molecule has 6 heteroatoms. The first-order chi connectivity index (χ1) is 12.0. The van der Waals surface area contributed by atoms with Gasteiger partial charge in [0.2, 0.25) is 5.78 Å². The highest BCUT2D eigenvalue weighted by molar-refractivity contribution is 7.09. The number of aryl methyl sites for hydroxylation is 2. The fraction of sp³-hybridized carbons (Fsp3) is 0.263. The van der Waals surface area contributed by atoms with Gasteiger partial charge in [0.15, 0.2) is 6.61 Å². The van der Waals surface area contributed by atoms with Crippen molar-refractivity contribution in [1.82, 2.24) is 9.13 Å². The summed E-state index contributed by atoms with van der Waals surface area (Å²) in [7, 11) is 1.76. The summed E-state index contributed by atoms with van der Waals surface area (Å²) < 4.78 is 8.95. The van der Waals surface area contributed by atoms with Crippen molar-refractivity contribution >= 4 is 23.1 Å². The van der Waals surface area contributed by atoms with Gasteiger partial charge in [0.1, 0.15) is 5.69 Å². The number of ether oxygens (including phenoxy) is 1. The van der Waals surface area contributed by atoms with Gasteiger partial charge in [-0.05, 0) is 43.5 Å². The van der Waals surface area contributed by atoms with E-state index in [1.807, 2.05) is 31.4 Å². The van der Waals surface area contributed by atoms with Gasteiger partial charge < -0.3 is 13.9 Å². The largest absolute Gasteiger partial charge is 0.453 e. The predicted molar refractivity (Wildman–Crippen MR) is 97.4 cm³/mol. The van der Waals surface area contributed by atoms with E-state index < -0.39 is 5.97 Å². The second-order valence-electron chi connectivity index (χ2n) is 5.95. The Morgan fingerprint density at radius 2 is 2.00 bits per heavy atom. The third-order valence-corrected chi connectivity index (χ3v) is 5.12. The lowest BCUT2D eigenvalue weighted by atomic mass is 10.1. The van der Waals surface area contributed by atoms with Gasteiger partial charge in [0, 0.05) is 35.1 Å². The van der Waals surface area contributed by atoms with Gasteiger partial charge in [-0.2, -0.15) is 0 Å². The zero-order valence-electron chi connectivity index (χ0n) is 14.5. The monoisotopic (exact) mass is 356 g/mol. The lowest BCUT2D eigenvalue weighted by Gasteiger charge is -2.08. The lowest BCUT2D eigenvalue weighted by Crippen LogP contribution is -2.16. The van der Waals surface area contributed by atoms with Gasteiger partial charge in [-0.25, -0.2) is 4.79 Å². The summed E-state index contributed by atoms with van der Waals surface area (Å²) in [5, 5.41) is 2.04. The fourth-order valence-corrected chi connectivity index (χ4v) is 3.53. The first-order valence-electron chi connectivity index (χ1n) is 7.98. The fourth-order valence-electron chi connectivity index (χ4n) is 2.84. The molecule has 5 nitrogen and oxygen atoms in total. The number of hydrogen-bond donors (Lipinski definition) is 0. The molecule has 0 saturated heterocycles. The highest BCUT2D eigenvalue weighted by Crippen LogP contribution is 2.20. The van der Waals surface area contributed by atoms with Crippen molar-refractivity contribution in [2.75, 3.05) is 6.61 Å². The van der Waals surface area contributed by atoms with Crippen LogP contribution in [-0.2, 0) is 18.3 Å². The number of rotatable bonds is 6. The Bertz CT molecular complexity index is 903. The molecule has 0 unspecified atom stereocenters. The quantitative estimate of drug-likeness (QED) is 0.501. The van der Waals surface area contributed by atoms with Crippen molar-refractivity contribution in [1.29, 1.82) is 0 Å². The van der Waals surface area contributed by atoms with Crippen molar-refractivity contribution in [3.8, 4) is 0 Å². The van der Waals surface area contributed by atoms with Crippen LogP contribution in [0.25, 0.3) is 0 Å². The Labute approximate surface area is 150 Å². The van der Waals surface area contributed by atoms with Gasteiger partial charge in [0.05, 0.1) is 6.54 Å². The molecule has 0 aliphatic carbocycles. The molecule has 0 saturated carbocycles. The second-order valence-corrected chi connectivity index (χ2v) is 6.99. The van der Waals surface area contributed by atoms with E-state index in [2.05, 4.69) is 10.6 Å². The van der Waals surface area contributed by atoms with Crippen LogP contribution in [0.5, 0.6) is 0 Å². The van der Waals surface area contributed by atoms with Gasteiger partial charge in [-0.1, -0.05) is 6.07 Å². The van der Waals surface area contributed by atoms with E-state index in [0.29, 0.717) is 11.3 Å². The number of thiophene rings is 1. The van der Waals surface area contributed by atoms with E-state index in [4.69, 9.17) is 4.74 Å². The standard InChI is InChI=1S/C19H20N2O3S/c1-13-10-16(14(2)21(13)11-15-6-5-9-25-15)18(22)12-24-19(23)17-7-4-8-20(17)3/h4-10H,11-12H2,1-3H3. The van der Waals surface area contributed by atoms with Crippen LogP contribution >= 0.6 is 11.3 Å². The van der Waals surface area contributed by atoms with Gasteiger partial charge in [0.25, 0.3) is 0 Å². The number of ketones is 1. The smallest absolute Gasteiger partial charge is 0.355 e. The maximum Gasteiger partial charge on any atom is 0.355 e. The molecule has 0 radical (unpaired) electrons. The summed E-state index contributed by atoms with van der Waals surface area (Å²) in [5.74, 6) is -0.679. The van der Waals surface area contributed by atoms with Crippen molar-refractivity contribution < 1.29 is 14.3 Å². The van der Waals surface area contributed by atoms with Crippen LogP contribution in [-0.4, -0.2) is 27.5 Å². The number of aromatic nitrogens is 2. The number of carbonyl (C=O) groups excluding carboxylic acids is 2. The number of nitrogens with zero attached hydrogens (tertiary/aromatic N) is 2. The highest BCUT2D eigenvalue weighted by Gasteiger charge is 2.19. The zero-order chi connectivity index (χ0) is 18.0. The maximum absolute atomic E-state index is 12.5. The number of hydrogen-bond acceptors (Lipinski definition) is 4. The van der Waals surface area contributed by atoms with Crippen molar-refractivity contribution in [2.24, 2.45) is 7.05 Å². The Morgan fingerprint density at radius 3 is 2.64 bits per heavy atom. The van der Waals surface area contributed by atoms with Crippen LogP contribution in [0.3, 0.4) is 0 Å². The summed E-state index contributed by atoms with van der Waals surface area (Å²) in [6.45, 7) is 4.39. The molecule has 3 rings (SSSR count). The minimum atomic E-state index is -0.492. The Morgan fingerprint density at radius 1 is 1.20 bits per heavy atom. The Kier molecular flexibility index (Phi) is 4.90. The molecule has 25 heavy (non-hydrogen) atoms. The Hall–Kier alpha value is -2.60. The highest BCUT2D eigenvalue weighted by atomic mass is 32.1. The first-order valence-corrected chi connectivity index (χ1v) is 8.86.